The highest BCUT2D eigenvalue weighted by Crippen LogP contribution is 2.09. The van der Waals surface area contributed by atoms with E-state index in [-0.39, 0.29) is 0 Å². The lowest BCUT2D eigenvalue weighted by molar-refractivity contribution is 0.299. The SMILES string of the molecule is CC1CNCCC1NCCN. The fourth-order valence-electron chi connectivity index (χ4n) is 1.59. The normalized spacial score (nSPS) is 32.2. The summed E-state index contributed by atoms with van der Waals surface area (Å²) in [4.78, 5) is 0. The average Bonchev–Trinajstić information content (AvgIpc) is 2.03. The molecule has 3 heteroatoms. The molecule has 11 heavy (non-hydrogen) atoms. The van der Waals surface area contributed by atoms with Gasteiger partial charge in [0, 0.05) is 19.1 Å². The molecule has 0 aromatic carbocycles. The van der Waals surface area contributed by atoms with Crippen LogP contribution in [0.25, 0.3) is 0 Å². The minimum atomic E-state index is 0.680. The third-order valence-corrected chi connectivity index (χ3v) is 2.34. The van der Waals surface area contributed by atoms with Crippen LogP contribution in [0.3, 0.4) is 0 Å². The first-order valence-electron chi connectivity index (χ1n) is 4.48. The van der Waals surface area contributed by atoms with Gasteiger partial charge in [-0.2, -0.15) is 0 Å². The first kappa shape index (κ1) is 8.97. The number of nitrogens with one attached hydrogen (secondary N) is 2. The monoisotopic (exact) mass is 157 g/mol. The van der Waals surface area contributed by atoms with E-state index in [0.29, 0.717) is 6.04 Å². The van der Waals surface area contributed by atoms with Crippen molar-refractivity contribution in [3.8, 4) is 0 Å². The highest BCUT2D eigenvalue weighted by atomic mass is 15.0. The van der Waals surface area contributed by atoms with E-state index in [0.717, 1.165) is 32.1 Å². The molecule has 0 aliphatic carbocycles. The molecule has 1 fully saturated rings. The number of rotatable bonds is 3. The van der Waals surface area contributed by atoms with Crippen LogP contribution in [-0.4, -0.2) is 32.2 Å². The summed E-state index contributed by atoms with van der Waals surface area (Å²) in [5, 5.41) is 6.83. The highest BCUT2D eigenvalue weighted by Gasteiger charge is 2.19. The van der Waals surface area contributed by atoms with Gasteiger partial charge in [-0.1, -0.05) is 6.92 Å². The highest BCUT2D eigenvalue weighted by molar-refractivity contribution is 4.80. The summed E-state index contributed by atoms with van der Waals surface area (Å²) >= 11 is 0. The van der Waals surface area contributed by atoms with Gasteiger partial charge in [-0.15, -0.1) is 0 Å². The Morgan fingerprint density at radius 2 is 2.45 bits per heavy atom. The molecule has 0 aromatic rings. The van der Waals surface area contributed by atoms with E-state index in [1.54, 1.807) is 0 Å². The maximum absolute atomic E-state index is 5.41. The Labute approximate surface area is 68.7 Å². The Bertz CT molecular complexity index is 106. The van der Waals surface area contributed by atoms with Gasteiger partial charge in [-0.25, -0.2) is 0 Å². The fraction of sp³-hybridized carbons (Fsp3) is 1.00. The van der Waals surface area contributed by atoms with E-state index in [2.05, 4.69) is 17.6 Å². The zero-order valence-electron chi connectivity index (χ0n) is 7.27. The molecule has 1 rings (SSSR count). The van der Waals surface area contributed by atoms with Gasteiger partial charge >= 0.3 is 0 Å². The molecular formula is C8H19N3. The molecule has 1 heterocycles. The van der Waals surface area contributed by atoms with E-state index in [1.807, 2.05) is 0 Å². The molecule has 0 amide bonds. The molecule has 1 saturated heterocycles. The summed E-state index contributed by atoms with van der Waals surface area (Å²) < 4.78 is 0. The zero-order valence-corrected chi connectivity index (χ0v) is 7.27. The maximum atomic E-state index is 5.41. The van der Waals surface area contributed by atoms with Crippen LogP contribution in [-0.2, 0) is 0 Å². The van der Waals surface area contributed by atoms with E-state index >= 15 is 0 Å². The predicted octanol–water partition coefficient (Wildman–Crippen LogP) is -0.467. The standard InChI is InChI=1S/C8H19N3/c1-7-6-10-4-2-8(7)11-5-3-9/h7-8,10-11H,2-6,9H2,1H3. The van der Waals surface area contributed by atoms with Crippen LogP contribution in [0.2, 0.25) is 0 Å². The maximum Gasteiger partial charge on any atom is 0.0117 e. The van der Waals surface area contributed by atoms with Crippen molar-refractivity contribution >= 4 is 0 Å². The van der Waals surface area contributed by atoms with Gasteiger partial charge < -0.3 is 16.4 Å². The minimum absolute atomic E-state index is 0.680. The molecule has 0 bridgehead atoms. The van der Waals surface area contributed by atoms with Crippen LogP contribution in [0.5, 0.6) is 0 Å². The Morgan fingerprint density at radius 1 is 1.64 bits per heavy atom. The Hall–Kier alpha value is -0.120. The molecule has 2 unspecified atom stereocenters. The van der Waals surface area contributed by atoms with Gasteiger partial charge in [0.2, 0.25) is 0 Å². The van der Waals surface area contributed by atoms with Crippen LogP contribution in [0.15, 0.2) is 0 Å². The van der Waals surface area contributed by atoms with Crippen molar-refractivity contribution in [2.75, 3.05) is 26.2 Å². The van der Waals surface area contributed by atoms with Crippen LogP contribution < -0.4 is 16.4 Å². The summed E-state index contributed by atoms with van der Waals surface area (Å²) in [5.74, 6) is 0.746. The number of hydrogen-bond acceptors (Lipinski definition) is 3. The molecule has 4 N–H and O–H groups in total. The number of hydrogen-bond donors (Lipinski definition) is 3. The molecule has 1 aliphatic heterocycles. The molecule has 66 valence electrons. The molecule has 0 radical (unpaired) electrons. The Kier molecular flexibility index (Phi) is 3.83. The first-order valence-corrected chi connectivity index (χ1v) is 4.48. The largest absolute Gasteiger partial charge is 0.329 e. The number of piperidine rings is 1. The van der Waals surface area contributed by atoms with Crippen LogP contribution in [0.4, 0.5) is 0 Å². The minimum Gasteiger partial charge on any atom is -0.329 e. The van der Waals surface area contributed by atoms with Gasteiger partial charge in [0.25, 0.3) is 0 Å². The van der Waals surface area contributed by atoms with Crippen molar-refractivity contribution < 1.29 is 0 Å². The van der Waals surface area contributed by atoms with E-state index in [1.165, 1.54) is 6.42 Å². The quantitative estimate of drug-likeness (QED) is 0.519. The fourth-order valence-corrected chi connectivity index (χ4v) is 1.59. The Balaban J connectivity index is 2.18. The van der Waals surface area contributed by atoms with E-state index in [9.17, 15) is 0 Å². The zero-order chi connectivity index (χ0) is 8.10. The molecule has 0 aromatic heterocycles. The van der Waals surface area contributed by atoms with Crippen molar-refractivity contribution in [3.63, 3.8) is 0 Å². The third-order valence-electron chi connectivity index (χ3n) is 2.34. The van der Waals surface area contributed by atoms with Crippen molar-refractivity contribution in [3.05, 3.63) is 0 Å². The second kappa shape index (κ2) is 4.70. The van der Waals surface area contributed by atoms with Gasteiger partial charge in [0.15, 0.2) is 0 Å². The van der Waals surface area contributed by atoms with Crippen LogP contribution in [0.1, 0.15) is 13.3 Å². The van der Waals surface area contributed by atoms with Gasteiger partial charge in [-0.05, 0) is 25.4 Å². The third kappa shape index (κ3) is 2.77. The molecule has 0 spiro atoms. The lowest BCUT2D eigenvalue weighted by Gasteiger charge is -2.30. The predicted molar refractivity (Wildman–Crippen MR) is 47.5 cm³/mol. The summed E-state index contributed by atoms with van der Waals surface area (Å²) in [7, 11) is 0. The number of nitrogens with two attached hydrogens (primary N) is 1. The average molecular weight is 157 g/mol. The molecule has 3 nitrogen and oxygen atoms in total. The molecular weight excluding hydrogens is 138 g/mol. The summed E-state index contributed by atoms with van der Waals surface area (Å²) in [6, 6.07) is 0.680. The smallest absolute Gasteiger partial charge is 0.0117 e. The van der Waals surface area contributed by atoms with Gasteiger partial charge in [0.1, 0.15) is 0 Å². The lowest BCUT2D eigenvalue weighted by Crippen LogP contribution is -2.47. The van der Waals surface area contributed by atoms with Crippen molar-refractivity contribution in [1.82, 2.24) is 10.6 Å². The van der Waals surface area contributed by atoms with E-state index in [4.69, 9.17) is 5.73 Å². The van der Waals surface area contributed by atoms with E-state index < -0.39 is 0 Å². The summed E-state index contributed by atoms with van der Waals surface area (Å²) in [6.45, 7) is 6.26. The second-order valence-electron chi connectivity index (χ2n) is 3.32. The van der Waals surface area contributed by atoms with Crippen LogP contribution >= 0.6 is 0 Å². The van der Waals surface area contributed by atoms with Gasteiger partial charge in [-0.3, -0.25) is 0 Å². The molecule has 0 saturated carbocycles. The van der Waals surface area contributed by atoms with Crippen LogP contribution in [0, 0.1) is 5.92 Å². The van der Waals surface area contributed by atoms with Crippen molar-refractivity contribution in [1.29, 1.82) is 0 Å². The first-order chi connectivity index (χ1) is 5.34. The topological polar surface area (TPSA) is 50.1 Å². The molecule has 1 aliphatic rings. The second-order valence-corrected chi connectivity index (χ2v) is 3.32. The molecule has 2 atom stereocenters. The lowest BCUT2D eigenvalue weighted by atomic mass is 9.95. The summed E-state index contributed by atoms with van der Waals surface area (Å²) in [6.07, 6.45) is 1.24. The van der Waals surface area contributed by atoms with Gasteiger partial charge in [0.05, 0.1) is 0 Å². The Morgan fingerprint density at radius 3 is 3.09 bits per heavy atom. The van der Waals surface area contributed by atoms with Crippen molar-refractivity contribution in [2.24, 2.45) is 11.7 Å². The van der Waals surface area contributed by atoms with Crippen molar-refractivity contribution in [2.45, 2.75) is 19.4 Å². The summed E-state index contributed by atoms with van der Waals surface area (Å²) in [5.41, 5.74) is 5.41.